The van der Waals surface area contributed by atoms with Gasteiger partial charge in [-0.05, 0) is 84.8 Å². The van der Waals surface area contributed by atoms with Crippen LogP contribution in [0.1, 0.15) is 51.2 Å². The van der Waals surface area contributed by atoms with E-state index in [0.717, 1.165) is 33.9 Å². The number of carboxylic acid groups (broad SMARTS) is 1. The third kappa shape index (κ3) is 8.25. The van der Waals surface area contributed by atoms with Crippen molar-refractivity contribution >= 4 is 34.8 Å². The van der Waals surface area contributed by atoms with E-state index in [9.17, 15) is 24.6 Å². The van der Waals surface area contributed by atoms with Crippen molar-refractivity contribution in [3.63, 3.8) is 0 Å². The molecule has 1 fully saturated rings. The second kappa shape index (κ2) is 14.9. The fourth-order valence-electron chi connectivity index (χ4n) is 5.99. The normalized spacial score (nSPS) is 15.7. The minimum absolute atomic E-state index is 0.124. The molecule has 1 unspecified atom stereocenters. The zero-order valence-electron chi connectivity index (χ0n) is 27.6. The number of carboxylic acids is 1. The summed E-state index contributed by atoms with van der Waals surface area (Å²) in [7, 11) is 0. The topological polar surface area (TPSA) is 129 Å². The lowest BCUT2D eigenvalue weighted by molar-refractivity contribution is -0.118. The molecule has 4 aromatic carbocycles. The average Bonchev–Trinajstić information content (AvgIpc) is 3.78. The second-order valence-electron chi connectivity index (χ2n) is 12.6. The van der Waals surface area contributed by atoms with Gasteiger partial charge in [-0.25, -0.2) is 9.78 Å². The van der Waals surface area contributed by atoms with Crippen LogP contribution in [0.2, 0.25) is 0 Å². The molecule has 7 rings (SSSR count). The maximum Gasteiger partial charge on any atom is 0.339 e. The van der Waals surface area contributed by atoms with Crippen molar-refractivity contribution in [2.75, 3.05) is 4.90 Å². The van der Waals surface area contributed by atoms with Crippen LogP contribution in [0.3, 0.4) is 0 Å². The van der Waals surface area contributed by atoms with Gasteiger partial charge < -0.3 is 25.2 Å². The van der Waals surface area contributed by atoms with Gasteiger partial charge in [0.2, 0.25) is 5.91 Å². The molecule has 3 N–H and O–H groups in total. The van der Waals surface area contributed by atoms with Crippen LogP contribution >= 0.6 is 11.3 Å². The smallest absolute Gasteiger partial charge is 0.339 e. The SMILES string of the molecule is O=C(NCc1ccc(Oc2ccccc2)cc1)c1ccc(-c2nc(CN(C(=O)CCC3=CC4C[C@H]4C=C3)c3ccc(O)c(C(=O)O)c3)cs2)cc1. The summed E-state index contributed by atoms with van der Waals surface area (Å²) in [5.74, 6) is 0.650. The van der Waals surface area contributed by atoms with Gasteiger partial charge in [-0.2, -0.15) is 0 Å². The molecule has 2 aliphatic rings. The lowest BCUT2D eigenvalue weighted by atomic mass is 10.0. The highest BCUT2D eigenvalue weighted by Gasteiger charge is 2.35. The maximum atomic E-state index is 13.6. The second-order valence-corrected chi connectivity index (χ2v) is 13.5. The monoisotopic (exact) mass is 697 g/mol. The van der Waals surface area contributed by atoms with Gasteiger partial charge in [-0.1, -0.05) is 66.3 Å². The zero-order valence-corrected chi connectivity index (χ0v) is 28.4. The third-order valence-corrected chi connectivity index (χ3v) is 9.89. The number of para-hydroxylation sites is 1. The number of carbonyl (C=O) groups excluding carboxylic acids is 2. The van der Waals surface area contributed by atoms with Crippen LogP contribution < -0.4 is 15.0 Å². The molecule has 51 heavy (non-hydrogen) atoms. The Labute approximate surface area is 299 Å². The van der Waals surface area contributed by atoms with Crippen LogP contribution in [0.25, 0.3) is 10.6 Å². The number of rotatable bonds is 13. The Hall–Kier alpha value is -6.00. The van der Waals surface area contributed by atoms with Gasteiger partial charge in [-0.3, -0.25) is 9.59 Å². The van der Waals surface area contributed by atoms with Crippen LogP contribution in [0.4, 0.5) is 5.69 Å². The van der Waals surface area contributed by atoms with Crippen molar-refractivity contribution in [2.24, 2.45) is 11.8 Å². The Morgan fingerprint density at radius 3 is 2.43 bits per heavy atom. The molecular weight excluding hydrogens is 663 g/mol. The number of hydrogen-bond donors (Lipinski definition) is 3. The predicted molar refractivity (Wildman–Crippen MR) is 196 cm³/mol. The molecule has 10 heteroatoms. The lowest BCUT2D eigenvalue weighted by Gasteiger charge is -2.23. The van der Waals surface area contributed by atoms with Crippen molar-refractivity contribution in [3.8, 4) is 27.8 Å². The van der Waals surface area contributed by atoms with Crippen molar-refractivity contribution in [2.45, 2.75) is 32.4 Å². The number of aromatic hydroxyl groups is 1. The number of benzene rings is 4. The number of ether oxygens (including phenoxy) is 1. The molecule has 0 aliphatic heterocycles. The molecule has 0 spiro atoms. The zero-order chi connectivity index (χ0) is 35.3. The van der Waals surface area contributed by atoms with Crippen molar-refractivity contribution in [1.29, 1.82) is 0 Å². The Balaban J connectivity index is 0.989. The first kappa shape index (κ1) is 33.5. The van der Waals surface area contributed by atoms with Gasteiger partial charge in [0.1, 0.15) is 27.8 Å². The number of amides is 2. The summed E-state index contributed by atoms with van der Waals surface area (Å²) in [6.45, 7) is 0.486. The fraction of sp³-hybridized carbons (Fsp3) is 0.171. The molecule has 0 radical (unpaired) electrons. The quantitative estimate of drug-likeness (QED) is 0.113. The van der Waals surface area contributed by atoms with Gasteiger partial charge in [-0.15, -0.1) is 11.3 Å². The highest BCUT2D eigenvalue weighted by atomic mass is 32.1. The predicted octanol–water partition coefficient (Wildman–Crippen LogP) is 8.38. The first-order chi connectivity index (χ1) is 24.8. The third-order valence-electron chi connectivity index (χ3n) is 8.95. The van der Waals surface area contributed by atoms with E-state index in [2.05, 4.69) is 23.5 Å². The number of phenols is 1. The van der Waals surface area contributed by atoms with Crippen molar-refractivity contribution in [3.05, 3.63) is 149 Å². The first-order valence-electron chi connectivity index (χ1n) is 16.7. The van der Waals surface area contributed by atoms with E-state index in [1.54, 1.807) is 18.2 Å². The largest absolute Gasteiger partial charge is 0.507 e. The summed E-state index contributed by atoms with van der Waals surface area (Å²) in [6.07, 6.45) is 8.53. The lowest BCUT2D eigenvalue weighted by Crippen LogP contribution is -2.30. The van der Waals surface area contributed by atoms with E-state index < -0.39 is 5.97 Å². The molecular formula is C41H35N3O6S. The standard InChI is InChI=1S/C41H35N3O6S/c45-37-18-15-33(22-36(37)41(48)49)44(38(46)19-9-26-6-10-30-21-31(30)20-26)24-32-25-51-40(43-32)29-13-11-28(12-14-29)39(47)42-23-27-7-16-35(17-8-27)50-34-4-2-1-3-5-34/h1-8,10-18,20,22,25,30-31,45H,9,19,21,23-24H2,(H,42,47)(H,48,49)/t30-,31?/m1/s1. The summed E-state index contributed by atoms with van der Waals surface area (Å²) in [4.78, 5) is 44.6. The summed E-state index contributed by atoms with van der Waals surface area (Å²) < 4.78 is 5.84. The van der Waals surface area contributed by atoms with E-state index >= 15 is 0 Å². The molecule has 0 saturated heterocycles. The van der Waals surface area contributed by atoms with Crippen LogP contribution in [0, 0.1) is 11.8 Å². The molecule has 1 aromatic heterocycles. The number of hydrogen-bond acceptors (Lipinski definition) is 7. The van der Waals surface area contributed by atoms with Gasteiger partial charge in [0.05, 0.1) is 12.2 Å². The highest BCUT2D eigenvalue weighted by molar-refractivity contribution is 7.13. The molecule has 2 atom stereocenters. The number of carbonyl (C=O) groups is 3. The van der Waals surface area contributed by atoms with Gasteiger partial charge >= 0.3 is 5.97 Å². The number of nitrogens with one attached hydrogen (secondary N) is 1. The Kier molecular flexibility index (Phi) is 9.76. The molecule has 2 aliphatic carbocycles. The molecule has 9 nitrogen and oxygen atoms in total. The summed E-state index contributed by atoms with van der Waals surface area (Å²) >= 11 is 1.41. The number of nitrogens with zero attached hydrogens (tertiary/aromatic N) is 2. The number of thiazole rings is 1. The van der Waals surface area contributed by atoms with Crippen molar-refractivity contribution < 1.29 is 29.3 Å². The van der Waals surface area contributed by atoms with E-state index in [4.69, 9.17) is 9.72 Å². The van der Waals surface area contributed by atoms with E-state index in [1.165, 1.54) is 28.4 Å². The number of fused-ring (bicyclic) bond motifs is 1. The van der Waals surface area contributed by atoms with Crippen LogP contribution in [-0.4, -0.2) is 33.0 Å². The van der Waals surface area contributed by atoms with Crippen LogP contribution in [0.15, 0.2) is 126 Å². The highest BCUT2D eigenvalue weighted by Crippen LogP contribution is 2.45. The Bertz CT molecular complexity index is 2120. The Morgan fingerprint density at radius 2 is 1.69 bits per heavy atom. The summed E-state index contributed by atoms with van der Waals surface area (Å²) in [5, 5.41) is 25.2. The minimum Gasteiger partial charge on any atom is -0.507 e. The molecule has 1 heterocycles. The fourth-order valence-corrected chi connectivity index (χ4v) is 6.81. The molecule has 256 valence electrons. The number of anilines is 1. The average molecular weight is 698 g/mol. The molecule has 1 saturated carbocycles. The number of allylic oxidation sites excluding steroid dienone is 4. The maximum absolute atomic E-state index is 13.6. The van der Waals surface area contributed by atoms with Gasteiger partial charge in [0.15, 0.2) is 0 Å². The van der Waals surface area contributed by atoms with E-state index in [1.807, 2.05) is 72.1 Å². The molecule has 5 aromatic rings. The van der Waals surface area contributed by atoms with E-state index in [-0.39, 0.29) is 36.1 Å². The van der Waals surface area contributed by atoms with E-state index in [0.29, 0.717) is 47.5 Å². The summed E-state index contributed by atoms with van der Waals surface area (Å²) in [6, 6.07) is 28.4. The number of aromatic nitrogens is 1. The van der Waals surface area contributed by atoms with Gasteiger partial charge in [0.25, 0.3) is 5.91 Å². The van der Waals surface area contributed by atoms with Crippen LogP contribution in [0.5, 0.6) is 17.2 Å². The number of aromatic carboxylic acids is 1. The van der Waals surface area contributed by atoms with Gasteiger partial charge in [0, 0.05) is 35.2 Å². The summed E-state index contributed by atoms with van der Waals surface area (Å²) in [5.41, 5.74) is 4.13. The molecule has 2 amide bonds. The minimum atomic E-state index is -1.28. The van der Waals surface area contributed by atoms with Crippen LogP contribution in [-0.2, 0) is 17.9 Å². The Morgan fingerprint density at radius 1 is 0.922 bits per heavy atom. The first-order valence-corrected chi connectivity index (χ1v) is 17.6. The molecule has 0 bridgehead atoms. The van der Waals surface area contributed by atoms with Crippen molar-refractivity contribution in [1.82, 2.24) is 10.3 Å².